The standard InChI is InChI=1S/C17H15ClN8O2/c1-9-5-15(25-28-9)23-11-7-14(19-2)24-26-12(8-21-16(11)26)17(27)22-10-3-4-20-13(18)6-10/h3-8H,1-2H3,(H,19,24)(H,23,25)(H,20,22,27). The Balaban J connectivity index is 1.71. The van der Waals surface area contributed by atoms with E-state index in [1.165, 1.54) is 16.9 Å². The van der Waals surface area contributed by atoms with Crippen LogP contribution >= 0.6 is 11.6 Å². The Morgan fingerprint density at radius 2 is 2.07 bits per heavy atom. The SMILES string of the molecule is CNc1cc(Nc2cc(C)on2)c2ncc(C(=O)Nc3ccnc(Cl)c3)n2n1. The molecule has 4 aromatic rings. The van der Waals surface area contributed by atoms with E-state index < -0.39 is 5.91 Å². The zero-order chi connectivity index (χ0) is 19.7. The van der Waals surface area contributed by atoms with Crippen LogP contribution in [0.2, 0.25) is 5.15 Å². The molecule has 0 aliphatic rings. The van der Waals surface area contributed by atoms with Crippen LogP contribution in [0, 0.1) is 6.92 Å². The molecule has 0 unspecified atom stereocenters. The normalized spacial score (nSPS) is 10.8. The predicted octanol–water partition coefficient (Wildman–Crippen LogP) is 3.11. The number of fused-ring (bicyclic) bond motifs is 1. The Kier molecular flexibility index (Phi) is 4.53. The summed E-state index contributed by atoms with van der Waals surface area (Å²) in [7, 11) is 1.73. The lowest BCUT2D eigenvalue weighted by Crippen LogP contribution is -2.16. The summed E-state index contributed by atoms with van der Waals surface area (Å²) in [6, 6.07) is 6.70. The van der Waals surface area contributed by atoms with Crippen molar-refractivity contribution < 1.29 is 9.32 Å². The second kappa shape index (κ2) is 7.16. The Bertz CT molecular complexity index is 1170. The molecule has 10 nitrogen and oxygen atoms in total. The third-order valence-corrected chi connectivity index (χ3v) is 4.04. The van der Waals surface area contributed by atoms with Crippen LogP contribution in [0.3, 0.4) is 0 Å². The van der Waals surface area contributed by atoms with Gasteiger partial charge in [0.1, 0.15) is 16.7 Å². The van der Waals surface area contributed by atoms with E-state index in [9.17, 15) is 4.79 Å². The summed E-state index contributed by atoms with van der Waals surface area (Å²) in [4.78, 5) is 20.9. The molecule has 28 heavy (non-hydrogen) atoms. The van der Waals surface area contributed by atoms with Crippen molar-refractivity contribution in [3.63, 3.8) is 0 Å². The van der Waals surface area contributed by atoms with E-state index >= 15 is 0 Å². The van der Waals surface area contributed by atoms with Crippen LogP contribution in [0.4, 0.5) is 23.0 Å². The van der Waals surface area contributed by atoms with Crippen molar-refractivity contribution in [2.45, 2.75) is 6.92 Å². The first-order valence-electron chi connectivity index (χ1n) is 8.23. The largest absolute Gasteiger partial charge is 0.372 e. The minimum atomic E-state index is -0.390. The fraction of sp³-hybridized carbons (Fsp3) is 0.118. The van der Waals surface area contributed by atoms with Gasteiger partial charge in [-0.2, -0.15) is 0 Å². The molecular formula is C17H15ClN8O2. The molecule has 0 aliphatic heterocycles. The molecule has 0 saturated heterocycles. The number of amides is 1. The molecule has 0 bridgehead atoms. The van der Waals surface area contributed by atoms with Gasteiger partial charge in [-0.25, -0.2) is 14.5 Å². The number of rotatable bonds is 5. The van der Waals surface area contributed by atoms with Crippen LogP contribution in [0.25, 0.3) is 5.65 Å². The van der Waals surface area contributed by atoms with Gasteiger partial charge in [-0.3, -0.25) is 4.79 Å². The van der Waals surface area contributed by atoms with Crippen molar-refractivity contribution in [3.8, 4) is 0 Å². The molecule has 0 spiro atoms. The van der Waals surface area contributed by atoms with Crippen LogP contribution in [0.5, 0.6) is 0 Å². The maximum atomic E-state index is 12.7. The second-order valence-electron chi connectivity index (χ2n) is 5.84. The fourth-order valence-electron chi connectivity index (χ4n) is 2.58. The molecule has 4 aromatic heterocycles. The van der Waals surface area contributed by atoms with Gasteiger partial charge >= 0.3 is 0 Å². The Hall–Kier alpha value is -3.66. The predicted molar refractivity (Wildman–Crippen MR) is 104 cm³/mol. The number of nitrogens with zero attached hydrogens (tertiary/aromatic N) is 5. The molecule has 142 valence electrons. The summed E-state index contributed by atoms with van der Waals surface area (Å²) in [5.41, 5.74) is 1.83. The number of pyridine rings is 1. The number of nitrogens with one attached hydrogen (secondary N) is 3. The van der Waals surface area contributed by atoms with E-state index in [1.807, 2.05) is 0 Å². The molecule has 11 heteroatoms. The highest BCUT2D eigenvalue weighted by molar-refractivity contribution is 6.29. The van der Waals surface area contributed by atoms with Gasteiger partial charge in [-0.1, -0.05) is 16.8 Å². The molecule has 0 radical (unpaired) electrons. The third kappa shape index (κ3) is 3.45. The van der Waals surface area contributed by atoms with Crippen molar-refractivity contribution in [1.82, 2.24) is 24.7 Å². The average molecular weight is 399 g/mol. The Labute approximate surface area is 163 Å². The van der Waals surface area contributed by atoms with Gasteiger partial charge < -0.3 is 20.5 Å². The zero-order valence-electron chi connectivity index (χ0n) is 14.9. The van der Waals surface area contributed by atoms with Gasteiger partial charge in [0.2, 0.25) is 0 Å². The van der Waals surface area contributed by atoms with E-state index in [2.05, 4.69) is 36.2 Å². The lowest BCUT2D eigenvalue weighted by molar-refractivity contribution is 0.102. The maximum Gasteiger partial charge on any atom is 0.276 e. The molecule has 1 amide bonds. The van der Waals surface area contributed by atoms with Crippen LogP contribution < -0.4 is 16.0 Å². The zero-order valence-corrected chi connectivity index (χ0v) is 15.7. The molecule has 4 heterocycles. The van der Waals surface area contributed by atoms with Gasteiger partial charge in [0, 0.05) is 31.1 Å². The lowest BCUT2D eigenvalue weighted by Gasteiger charge is -2.09. The quantitative estimate of drug-likeness (QED) is 0.438. The summed E-state index contributed by atoms with van der Waals surface area (Å²) >= 11 is 5.86. The highest BCUT2D eigenvalue weighted by Gasteiger charge is 2.18. The van der Waals surface area contributed by atoms with Crippen molar-refractivity contribution in [2.24, 2.45) is 0 Å². The first kappa shape index (κ1) is 17.7. The van der Waals surface area contributed by atoms with Crippen LogP contribution in [-0.4, -0.2) is 37.7 Å². The number of hydrogen-bond donors (Lipinski definition) is 3. The number of aromatic nitrogens is 5. The molecule has 3 N–H and O–H groups in total. The van der Waals surface area contributed by atoms with Crippen molar-refractivity contribution in [1.29, 1.82) is 0 Å². The van der Waals surface area contributed by atoms with Crippen LogP contribution in [-0.2, 0) is 0 Å². The molecule has 0 saturated carbocycles. The first-order chi connectivity index (χ1) is 13.5. The van der Waals surface area contributed by atoms with E-state index in [0.29, 0.717) is 34.4 Å². The second-order valence-corrected chi connectivity index (χ2v) is 6.23. The molecule has 0 aromatic carbocycles. The number of halogens is 1. The molecule has 0 fully saturated rings. The highest BCUT2D eigenvalue weighted by Crippen LogP contribution is 2.24. The number of carbonyl (C=O) groups is 1. The van der Waals surface area contributed by atoms with E-state index in [-0.39, 0.29) is 10.8 Å². The smallest absolute Gasteiger partial charge is 0.276 e. The van der Waals surface area contributed by atoms with Crippen LogP contribution in [0.15, 0.2) is 41.2 Å². The van der Waals surface area contributed by atoms with Gasteiger partial charge in [0.05, 0.1) is 11.9 Å². The minimum Gasteiger partial charge on any atom is -0.372 e. The Morgan fingerprint density at radius 3 is 2.79 bits per heavy atom. The summed E-state index contributed by atoms with van der Waals surface area (Å²) in [6.45, 7) is 1.79. The summed E-state index contributed by atoms with van der Waals surface area (Å²) in [6.07, 6.45) is 2.95. The molecule has 0 aliphatic carbocycles. The lowest BCUT2D eigenvalue weighted by atomic mass is 10.3. The Morgan fingerprint density at radius 1 is 1.21 bits per heavy atom. The third-order valence-electron chi connectivity index (χ3n) is 3.83. The average Bonchev–Trinajstić information content (AvgIpc) is 3.27. The van der Waals surface area contributed by atoms with E-state index in [4.69, 9.17) is 16.1 Å². The summed E-state index contributed by atoms with van der Waals surface area (Å²) in [5, 5.41) is 17.4. The fourth-order valence-corrected chi connectivity index (χ4v) is 2.75. The van der Waals surface area contributed by atoms with Gasteiger partial charge in [0.15, 0.2) is 17.2 Å². The van der Waals surface area contributed by atoms with E-state index in [0.717, 1.165) is 0 Å². The van der Waals surface area contributed by atoms with Crippen molar-refractivity contribution in [3.05, 3.63) is 53.3 Å². The topological polar surface area (TPSA) is 122 Å². The monoisotopic (exact) mass is 398 g/mol. The summed E-state index contributed by atoms with van der Waals surface area (Å²) < 4.78 is 6.52. The van der Waals surface area contributed by atoms with Gasteiger partial charge in [-0.05, 0) is 19.1 Å². The highest BCUT2D eigenvalue weighted by atomic mass is 35.5. The number of anilines is 4. The first-order valence-corrected chi connectivity index (χ1v) is 8.61. The van der Waals surface area contributed by atoms with Crippen LogP contribution in [0.1, 0.15) is 16.2 Å². The molecule has 4 rings (SSSR count). The summed E-state index contributed by atoms with van der Waals surface area (Å²) in [5.74, 6) is 1.34. The minimum absolute atomic E-state index is 0.249. The molecule has 0 atom stereocenters. The number of aryl methyl sites for hydroxylation is 1. The van der Waals surface area contributed by atoms with Crippen molar-refractivity contribution in [2.75, 3.05) is 23.0 Å². The number of hydrogen-bond acceptors (Lipinski definition) is 8. The van der Waals surface area contributed by atoms with Gasteiger partial charge in [0.25, 0.3) is 5.91 Å². The maximum absolute atomic E-state index is 12.7. The number of imidazole rings is 1. The van der Waals surface area contributed by atoms with E-state index in [1.54, 1.807) is 38.2 Å². The number of carbonyl (C=O) groups excluding carboxylic acids is 1. The van der Waals surface area contributed by atoms with Crippen molar-refractivity contribution >= 4 is 46.2 Å². The molecular weight excluding hydrogens is 384 g/mol. The van der Waals surface area contributed by atoms with Gasteiger partial charge in [-0.15, -0.1) is 5.10 Å².